The molecule has 0 amide bonds. The summed E-state index contributed by atoms with van der Waals surface area (Å²) in [5, 5.41) is 5.50. The molecule has 53 heavy (non-hydrogen) atoms. The van der Waals surface area contributed by atoms with Crippen LogP contribution >= 0.6 is 0 Å². The van der Waals surface area contributed by atoms with Crippen LogP contribution in [0.1, 0.15) is 86.5 Å². The van der Waals surface area contributed by atoms with Crippen molar-refractivity contribution in [3.05, 3.63) is 156 Å². The summed E-state index contributed by atoms with van der Waals surface area (Å²) in [5.74, 6) is 0. The van der Waals surface area contributed by atoms with E-state index in [9.17, 15) is 0 Å². The molecule has 2 aromatic heterocycles. The van der Waals surface area contributed by atoms with Crippen molar-refractivity contribution in [3.8, 4) is 11.1 Å². The number of fused-ring (bicyclic) bond motifs is 9. The number of unbranched alkanes of at least 4 members (excludes halogenated alkanes) is 6. The summed E-state index contributed by atoms with van der Waals surface area (Å²) in [6.45, 7) is 6.72. The van der Waals surface area contributed by atoms with Gasteiger partial charge in [-0.2, -0.15) is 0 Å². The van der Waals surface area contributed by atoms with E-state index in [1.54, 1.807) is 11.1 Å². The molecule has 0 bridgehead atoms. The Morgan fingerprint density at radius 3 is 1.09 bits per heavy atom. The van der Waals surface area contributed by atoms with Gasteiger partial charge < -0.3 is 9.13 Å². The highest BCUT2D eigenvalue weighted by molar-refractivity contribution is 6.08. The molecule has 0 atom stereocenters. The molecule has 266 valence electrons. The SMILES string of the molecule is Cc1ccc2c(c1)C(CCCCCCn1c3ccccc3c3ccccc31)(CCCCCCn1c3ccccc3c3ccccc31)c1cc(C)ccc1-2. The van der Waals surface area contributed by atoms with Crippen molar-refractivity contribution in [1.29, 1.82) is 0 Å². The van der Waals surface area contributed by atoms with E-state index in [-0.39, 0.29) is 5.41 Å². The maximum atomic E-state index is 2.56. The van der Waals surface area contributed by atoms with Gasteiger partial charge in [-0.15, -0.1) is 0 Å². The number of aromatic nitrogens is 2. The fourth-order valence-corrected chi connectivity index (χ4v) is 9.98. The Kier molecular flexibility index (Phi) is 9.16. The van der Waals surface area contributed by atoms with Crippen molar-refractivity contribution in [2.45, 2.75) is 96.6 Å². The van der Waals surface area contributed by atoms with Crippen molar-refractivity contribution in [1.82, 2.24) is 9.13 Å². The fraction of sp³-hybridized carbons (Fsp3) is 0.294. The molecule has 2 heterocycles. The number of aryl methyl sites for hydroxylation is 4. The lowest BCUT2D eigenvalue weighted by molar-refractivity contribution is 0.396. The summed E-state index contributed by atoms with van der Waals surface area (Å²) in [5.41, 5.74) is 14.5. The summed E-state index contributed by atoms with van der Waals surface area (Å²) < 4.78 is 5.12. The van der Waals surface area contributed by atoms with E-state index in [2.05, 4.69) is 156 Å². The lowest BCUT2D eigenvalue weighted by Gasteiger charge is -2.33. The fourth-order valence-electron chi connectivity index (χ4n) is 9.98. The van der Waals surface area contributed by atoms with Crippen LogP contribution in [0.25, 0.3) is 54.7 Å². The minimum atomic E-state index is 0.0996. The molecule has 1 aliphatic carbocycles. The maximum absolute atomic E-state index is 2.56. The summed E-state index contributed by atoms with van der Waals surface area (Å²) in [7, 11) is 0. The van der Waals surface area contributed by atoms with Gasteiger partial charge in [-0.3, -0.25) is 0 Å². The molecule has 0 N–H and O–H groups in total. The van der Waals surface area contributed by atoms with Crippen molar-refractivity contribution in [2.24, 2.45) is 0 Å². The predicted octanol–water partition coefficient (Wildman–Crippen LogP) is 14.1. The molecular weight excluding hydrogens is 641 g/mol. The van der Waals surface area contributed by atoms with Crippen LogP contribution in [-0.2, 0) is 18.5 Å². The molecule has 8 aromatic rings. The summed E-state index contributed by atoms with van der Waals surface area (Å²) in [6.07, 6.45) is 12.5. The average Bonchev–Trinajstić information content (AvgIpc) is 3.78. The first kappa shape index (κ1) is 33.7. The average molecular weight is 693 g/mol. The van der Waals surface area contributed by atoms with Crippen molar-refractivity contribution in [2.75, 3.05) is 0 Å². The second kappa shape index (κ2) is 14.4. The van der Waals surface area contributed by atoms with Crippen LogP contribution in [0.5, 0.6) is 0 Å². The third-order valence-corrected chi connectivity index (χ3v) is 12.5. The summed E-state index contributed by atoms with van der Waals surface area (Å²) in [6, 6.07) is 50.3. The van der Waals surface area contributed by atoms with Gasteiger partial charge in [0.15, 0.2) is 0 Å². The summed E-state index contributed by atoms with van der Waals surface area (Å²) in [4.78, 5) is 0. The first-order chi connectivity index (χ1) is 26.1. The van der Waals surface area contributed by atoms with Crippen LogP contribution in [0.4, 0.5) is 0 Å². The molecule has 2 nitrogen and oxygen atoms in total. The molecule has 6 aromatic carbocycles. The molecule has 1 aliphatic rings. The number of benzene rings is 6. The lowest BCUT2D eigenvalue weighted by atomic mass is 9.70. The number of hydrogen-bond donors (Lipinski definition) is 0. The van der Waals surface area contributed by atoms with E-state index in [0.29, 0.717) is 0 Å². The van der Waals surface area contributed by atoms with Gasteiger partial charge in [-0.25, -0.2) is 0 Å². The second-order valence-electron chi connectivity index (χ2n) is 15.9. The monoisotopic (exact) mass is 692 g/mol. The van der Waals surface area contributed by atoms with Gasteiger partial charge in [0.2, 0.25) is 0 Å². The number of rotatable bonds is 14. The molecule has 2 heteroatoms. The largest absolute Gasteiger partial charge is 0.340 e. The number of nitrogens with zero attached hydrogens (tertiary/aromatic N) is 2. The second-order valence-corrected chi connectivity index (χ2v) is 15.9. The Hall–Kier alpha value is -5.08. The molecule has 0 unspecified atom stereocenters. The van der Waals surface area contributed by atoms with Gasteiger partial charge in [-0.1, -0.05) is 159 Å². The van der Waals surface area contributed by atoms with Gasteiger partial charge in [0.05, 0.1) is 0 Å². The molecule has 0 radical (unpaired) electrons. The number of hydrogen-bond acceptors (Lipinski definition) is 0. The van der Waals surface area contributed by atoms with Crippen LogP contribution in [-0.4, -0.2) is 9.13 Å². The third kappa shape index (κ3) is 6.07. The van der Waals surface area contributed by atoms with E-state index < -0.39 is 0 Å². The van der Waals surface area contributed by atoms with Crippen molar-refractivity contribution in [3.63, 3.8) is 0 Å². The van der Waals surface area contributed by atoms with Crippen LogP contribution in [0.15, 0.2) is 133 Å². The Balaban J connectivity index is 0.889. The maximum Gasteiger partial charge on any atom is 0.0491 e. The normalized spacial score (nSPS) is 13.4. The van der Waals surface area contributed by atoms with E-state index in [0.717, 1.165) is 13.1 Å². The van der Waals surface area contributed by atoms with Gasteiger partial charge in [-0.05, 0) is 86.1 Å². The Morgan fingerprint density at radius 2 is 0.717 bits per heavy atom. The Bertz CT molecular complexity index is 2270. The lowest BCUT2D eigenvalue weighted by Crippen LogP contribution is -2.25. The van der Waals surface area contributed by atoms with E-state index in [4.69, 9.17) is 0 Å². The van der Waals surface area contributed by atoms with Crippen LogP contribution in [0, 0.1) is 13.8 Å². The van der Waals surface area contributed by atoms with Crippen molar-refractivity contribution < 1.29 is 0 Å². The van der Waals surface area contributed by atoms with Gasteiger partial charge in [0, 0.05) is 62.1 Å². The van der Waals surface area contributed by atoms with Crippen molar-refractivity contribution >= 4 is 43.6 Å². The Labute approximate surface area is 315 Å². The zero-order valence-corrected chi connectivity index (χ0v) is 31.6. The topological polar surface area (TPSA) is 9.86 Å². The van der Waals surface area contributed by atoms with Gasteiger partial charge >= 0.3 is 0 Å². The molecule has 0 saturated heterocycles. The standard InChI is InChI=1S/C51H52N2/c1-37-27-29-39-40-30-28-38(2)36-46(40)51(45(39)35-37,31-15-3-5-17-33-52-47-23-11-7-19-41(47)42-20-8-12-24-48(42)52)32-16-4-6-18-34-53-49-25-13-9-21-43(49)44-22-10-14-26-50(44)53/h7-14,19-30,35-36H,3-6,15-18,31-34H2,1-2H3. The minimum Gasteiger partial charge on any atom is -0.340 e. The smallest absolute Gasteiger partial charge is 0.0491 e. The van der Waals surface area contributed by atoms with Gasteiger partial charge in [0.1, 0.15) is 0 Å². The van der Waals surface area contributed by atoms with E-state index in [1.165, 1.54) is 130 Å². The molecular formula is C51H52N2. The summed E-state index contributed by atoms with van der Waals surface area (Å²) >= 11 is 0. The van der Waals surface area contributed by atoms with E-state index >= 15 is 0 Å². The third-order valence-electron chi connectivity index (χ3n) is 12.5. The van der Waals surface area contributed by atoms with Crippen LogP contribution in [0.3, 0.4) is 0 Å². The molecule has 0 fully saturated rings. The zero-order valence-electron chi connectivity index (χ0n) is 31.6. The molecule has 0 spiro atoms. The van der Waals surface area contributed by atoms with Crippen LogP contribution < -0.4 is 0 Å². The number of para-hydroxylation sites is 4. The molecule has 0 aliphatic heterocycles. The van der Waals surface area contributed by atoms with E-state index in [1.807, 2.05) is 0 Å². The highest BCUT2D eigenvalue weighted by Crippen LogP contribution is 2.54. The predicted molar refractivity (Wildman–Crippen MR) is 227 cm³/mol. The van der Waals surface area contributed by atoms with Crippen LogP contribution in [0.2, 0.25) is 0 Å². The minimum absolute atomic E-state index is 0.0996. The highest BCUT2D eigenvalue weighted by Gasteiger charge is 2.42. The zero-order chi connectivity index (χ0) is 35.8. The first-order valence-corrected chi connectivity index (χ1v) is 20.3. The first-order valence-electron chi connectivity index (χ1n) is 20.3. The Morgan fingerprint density at radius 1 is 0.377 bits per heavy atom. The van der Waals surface area contributed by atoms with Gasteiger partial charge in [0.25, 0.3) is 0 Å². The molecule has 0 saturated carbocycles. The molecule has 9 rings (SSSR count). The quantitative estimate of drug-likeness (QED) is 0.100. The highest BCUT2D eigenvalue weighted by atomic mass is 15.0.